The van der Waals surface area contributed by atoms with E-state index in [9.17, 15) is 18.0 Å². The van der Waals surface area contributed by atoms with Crippen LogP contribution in [0.15, 0.2) is 23.1 Å². The van der Waals surface area contributed by atoms with Crippen LogP contribution in [0.25, 0.3) is 0 Å². The van der Waals surface area contributed by atoms with Crippen LogP contribution >= 0.6 is 0 Å². The van der Waals surface area contributed by atoms with E-state index in [2.05, 4.69) is 5.32 Å². The SMILES string of the molecule is CCCC(=O)N1CCN(S(=O)(=O)c2ccc3c(c2)NC(=O)CO3)CC1. The van der Waals surface area contributed by atoms with Gasteiger partial charge in [-0.15, -0.1) is 0 Å². The number of amides is 2. The maximum absolute atomic E-state index is 12.8. The lowest BCUT2D eigenvalue weighted by Crippen LogP contribution is -2.50. The topological polar surface area (TPSA) is 96.0 Å². The molecular weight excluding hydrogens is 346 g/mol. The molecule has 2 heterocycles. The van der Waals surface area contributed by atoms with E-state index >= 15 is 0 Å². The molecule has 25 heavy (non-hydrogen) atoms. The Bertz CT molecular complexity index is 785. The number of hydrogen-bond donors (Lipinski definition) is 1. The molecule has 1 aromatic rings. The number of rotatable bonds is 4. The molecule has 2 amide bonds. The van der Waals surface area contributed by atoms with Gasteiger partial charge in [-0.05, 0) is 24.6 Å². The van der Waals surface area contributed by atoms with Gasteiger partial charge >= 0.3 is 0 Å². The minimum atomic E-state index is -3.69. The maximum atomic E-state index is 12.8. The zero-order valence-corrected chi connectivity index (χ0v) is 14.8. The highest BCUT2D eigenvalue weighted by molar-refractivity contribution is 7.89. The van der Waals surface area contributed by atoms with Crippen LogP contribution in [0.3, 0.4) is 0 Å². The first-order valence-electron chi connectivity index (χ1n) is 8.26. The Labute approximate surface area is 146 Å². The van der Waals surface area contributed by atoms with Crippen molar-refractivity contribution in [2.75, 3.05) is 38.1 Å². The number of ether oxygens (including phenoxy) is 1. The summed E-state index contributed by atoms with van der Waals surface area (Å²) in [4.78, 5) is 25.1. The number of nitrogens with zero attached hydrogens (tertiary/aromatic N) is 2. The van der Waals surface area contributed by atoms with Gasteiger partial charge < -0.3 is 15.0 Å². The van der Waals surface area contributed by atoms with Crippen molar-refractivity contribution < 1.29 is 22.7 Å². The Hall–Kier alpha value is -2.13. The molecule has 1 aromatic carbocycles. The van der Waals surface area contributed by atoms with Gasteiger partial charge in [-0.2, -0.15) is 4.31 Å². The highest BCUT2D eigenvalue weighted by Crippen LogP contribution is 2.31. The standard InChI is InChI=1S/C16H21N3O5S/c1-2-3-16(21)18-6-8-19(9-7-18)25(22,23)12-4-5-14-13(10-12)17-15(20)11-24-14/h4-5,10H,2-3,6-9,11H2,1H3,(H,17,20). The van der Waals surface area contributed by atoms with E-state index in [0.29, 0.717) is 30.9 Å². The number of hydrogen-bond acceptors (Lipinski definition) is 5. The second-order valence-corrected chi connectivity index (χ2v) is 7.97. The fraction of sp³-hybridized carbons (Fsp3) is 0.500. The lowest BCUT2D eigenvalue weighted by molar-refractivity contribution is -0.132. The fourth-order valence-corrected chi connectivity index (χ4v) is 4.37. The average Bonchev–Trinajstić information content (AvgIpc) is 2.61. The summed E-state index contributed by atoms with van der Waals surface area (Å²) in [5.41, 5.74) is 0.356. The number of benzene rings is 1. The van der Waals surface area contributed by atoms with Gasteiger partial charge in [0.1, 0.15) is 5.75 Å². The molecule has 8 nitrogen and oxygen atoms in total. The fourth-order valence-electron chi connectivity index (χ4n) is 2.92. The van der Waals surface area contributed by atoms with Crippen LogP contribution in [-0.2, 0) is 19.6 Å². The summed E-state index contributed by atoms with van der Waals surface area (Å²) in [7, 11) is -3.69. The predicted molar refractivity (Wildman–Crippen MR) is 90.8 cm³/mol. The van der Waals surface area contributed by atoms with Gasteiger partial charge in [-0.25, -0.2) is 8.42 Å². The average molecular weight is 367 g/mol. The highest BCUT2D eigenvalue weighted by Gasteiger charge is 2.31. The molecule has 0 aliphatic carbocycles. The van der Waals surface area contributed by atoms with Crippen molar-refractivity contribution in [2.24, 2.45) is 0 Å². The first-order valence-corrected chi connectivity index (χ1v) is 9.70. The minimum Gasteiger partial charge on any atom is -0.482 e. The Morgan fingerprint density at radius 3 is 2.64 bits per heavy atom. The molecule has 0 unspecified atom stereocenters. The molecule has 1 N–H and O–H groups in total. The van der Waals surface area contributed by atoms with Crippen LogP contribution in [0.5, 0.6) is 5.75 Å². The molecule has 0 bridgehead atoms. The van der Waals surface area contributed by atoms with Gasteiger partial charge in [0.25, 0.3) is 5.91 Å². The van der Waals surface area contributed by atoms with Crippen molar-refractivity contribution in [3.63, 3.8) is 0 Å². The lowest BCUT2D eigenvalue weighted by atomic mass is 10.2. The van der Waals surface area contributed by atoms with Gasteiger partial charge in [0.2, 0.25) is 15.9 Å². The number of nitrogens with one attached hydrogen (secondary N) is 1. The highest BCUT2D eigenvalue weighted by atomic mass is 32.2. The largest absolute Gasteiger partial charge is 0.482 e. The van der Waals surface area contributed by atoms with E-state index in [0.717, 1.165) is 6.42 Å². The smallest absolute Gasteiger partial charge is 0.262 e. The summed E-state index contributed by atoms with van der Waals surface area (Å²) < 4.78 is 32.3. The van der Waals surface area contributed by atoms with Gasteiger partial charge in [0.05, 0.1) is 10.6 Å². The van der Waals surface area contributed by atoms with Crippen molar-refractivity contribution in [2.45, 2.75) is 24.7 Å². The second kappa shape index (κ2) is 7.01. The number of carbonyl (C=O) groups is 2. The van der Waals surface area contributed by atoms with Crippen LogP contribution in [0.4, 0.5) is 5.69 Å². The summed E-state index contributed by atoms with van der Waals surface area (Å²) in [6.45, 7) is 3.17. The van der Waals surface area contributed by atoms with Gasteiger partial charge in [-0.1, -0.05) is 6.92 Å². The molecule has 2 aliphatic rings. The van der Waals surface area contributed by atoms with Gasteiger partial charge in [0.15, 0.2) is 6.61 Å². The summed E-state index contributed by atoms with van der Waals surface area (Å²) in [6.07, 6.45) is 1.26. The Balaban J connectivity index is 1.74. The number of carbonyl (C=O) groups excluding carboxylic acids is 2. The van der Waals surface area contributed by atoms with Crippen molar-refractivity contribution >= 4 is 27.5 Å². The maximum Gasteiger partial charge on any atom is 0.262 e. The molecule has 1 saturated heterocycles. The lowest BCUT2D eigenvalue weighted by Gasteiger charge is -2.34. The van der Waals surface area contributed by atoms with E-state index in [-0.39, 0.29) is 36.4 Å². The van der Waals surface area contributed by atoms with E-state index < -0.39 is 10.0 Å². The molecule has 0 atom stereocenters. The van der Waals surface area contributed by atoms with Crippen molar-refractivity contribution in [1.82, 2.24) is 9.21 Å². The van der Waals surface area contributed by atoms with Crippen LogP contribution < -0.4 is 10.1 Å². The number of anilines is 1. The third-order valence-electron chi connectivity index (χ3n) is 4.28. The predicted octanol–water partition coefficient (Wildman–Crippen LogP) is 0.651. The molecule has 9 heteroatoms. The number of fused-ring (bicyclic) bond motifs is 1. The van der Waals surface area contributed by atoms with Crippen molar-refractivity contribution in [3.8, 4) is 5.75 Å². The monoisotopic (exact) mass is 367 g/mol. The van der Waals surface area contributed by atoms with E-state index in [1.54, 1.807) is 11.0 Å². The van der Waals surface area contributed by atoms with Crippen LogP contribution in [0, 0.1) is 0 Å². The van der Waals surface area contributed by atoms with Crippen molar-refractivity contribution in [3.05, 3.63) is 18.2 Å². The number of sulfonamides is 1. The van der Waals surface area contributed by atoms with Crippen LogP contribution in [0.2, 0.25) is 0 Å². The van der Waals surface area contributed by atoms with Crippen LogP contribution in [-0.4, -0.2) is 62.2 Å². The molecule has 0 saturated carbocycles. The Morgan fingerprint density at radius 2 is 1.96 bits per heavy atom. The molecule has 2 aliphatic heterocycles. The summed E-state index contributed by atoms with van der Waals surface area (Å²) in [5.74, 6) is 0.201. The zero-order valence-electron chi connectivity index (χ0n) is 14.0. The van der Waals surface area contributed by atoms with Gasteiger partial charge in [0, 0.05) is 32.6 Å². The van der Waals surface area contributed by atoms with E-state index in [4.69, 9.17) is 4.74 Å². The normalized spacial score (nSPS) is 18.3. The van der Waals surface area contributed by atoms with E-state index in [1.807, 2.05) is 6.92 Å². The summed E-state index contributed by atoms with van der Waals surface area (Å²) >= 11 is 0. The van der Waals surface area contributed by atoms with Crippen molar-refractivity contribution in [1.29, 1.82) is 0 Å². The zero-order chi connectivity index (χ0) is 18.0. The first-order chi connectivity index (χ1) is 11.9. The quantitative estimate of drug-likeness (QED) is 0.843. The molecule has 0 radical (unpaired) electrons. The molecular formula is C16H21N3O5S. The third-order valence-corrected chi connectivity index (χ3v) is 6.17. The third kappa shape index (κ3) is 3.62. The molecule has 3 rings (SSSR count). The molecule has 1 fully saturated rings. The second-order valence-electron chi connectivity index (χ2n) is 6.03. The Morgan fingerprint density at radius 1 is 1.24 bits per heavy atom. The molecule has 136 valence electrons. The number of piperazine rings is 1. The summed E-state index contributed by atoms with van der Waals surface area (Å²) in [6, 6.07) is 4.43. The first kappa shape index (κ1) is 17.7. The Kier molecular flexibility index (Phi) is 4.96. The van der Waals surface area contributed by atoms with Crippen LogP contribution in [0.1, 0.15) is 19.8 Å². The van der Waals surface area contributed by atoms with E-state index in [1.165, 1.54) is 16.4 Å². The molecule has 0 spiro atoms. The minimum absolute atomic E-state index is 0.0631. The van der Waals surface area contributed by atoms with Gasteiger partial charge in [-0.3, -0.25) is 9.59 Å². The summed E-state index contributed by atoms with van der Waals surface area (Å²) in [5, 5.41) is 2.61. The molecule has 0 aromatic heterocycles.